The molecule has 1 N–H and O–H groups in total. The molecule has 0 aliphatic carbocycles. The molecule has 0 unspecified atom stereocenters. The predicted molar refractivity (Wildman–Crippen MR) is 90.7 cm³/mol. The van der Waals surface area contributed by atoms with Crippen LogP contribution in [-0.2, 0) is 0 Å². The number of halogens is 2. The minimum absolute atomic E-state index is 0.00821. The van der Waals surface area contributed by atoms with Crippen LogP contribution in [0.25, 0.3) is 0 Å². The molecule has 116 valence electrons. The van der Waals surface area contributed by atoms with Crippen molar-refractivity contribution < 1.29 is 9.13 Å². The molecule has 0 spiro atoms. The lowest BCUT2D eigenvalue weighted by molar-refractivity contribution is 0.415. The molecule has 1 atom stereocenters. The van der Waals surface area contributed by atoms with Gasteiger partial charge in [0.05, 0.1) is 13.2 Å². The van der Waals surface area contributed by atoms with Crippen molar-refractivity contribution in [3.63, 3.8) is 0 Å². The SMILES string of the molecule is C=CCC[C@H](Nc1ccc(OC)cc1)c1cnc(F)cc1Br. The highest BCUT2D eigenvalue weighted by Crippen LogP contribution is 2.30. The number of methoxy groups -OCH3 is 1. The van der Waals surface area contributed by atoms with Gasteiger partial charge in [-0.2, -0.15) is 4.39 Å². The summed E-state index contributed by atoms with van der Waals surface area (Å²) in [7, 11) is 1.64. The number of benzene rings is 1. The highest BCUT2D eigenvalue weighted by atomic mass is 79.9. The van der Waals surface area contributed by atoms with Crippen LogP contribution in [0, 0.1) is 5.95 Å². The van der Waals surface area contributed by atoms with Gasteiger partial charge in [-0.1, -0.05) is 22.0 Å². The lowest BCUT2D eigenvalue weighted by Gasteiger charge is -2.21. The van der Waals surface area contributed by atoms with Crippen LogP contribution < -0.4 is 10.1 Å². The third kappa shape index (κ3) is 4.31. The van der Waals surface area contributed by atoms with Gasteiger partial charge in [0.1, 0.15) is 5.75 Å². The lowest BCUT2D eigenvalue weighted by Crippen LogP contribution is -2.12. The Kier molecular flexibility index (Phi) is 5.95. The number of nitrogens with one attached hydrogen (secondary N) is 1. The van der Waals surface area contributed by atoms with Gasteiger partial charge in [0.25, 0.3) is 0 Å². The molecule has 3 nitrogen and oxygen atoms in total. The Labute approximate surface area is 138 Å². The van der Waals surface area contributed by atoms with Crippen LogP contribution in [-0.4, -0.2) is 12.1 Å². The fraction of sp³-hybridized carbons (Fsp3) is 0.235. The maximum atomic E-state index is 13.2. The third-order valence-corrected chi connectivity index (χ3v) is 4.00. The summed E-state index contributed by atoms with van der Waals surface area (Å²) in [6.45, 7) is 3.76. The molecule has 0 saturated carbocycles. The quantitative estimate of drug-likeness (QED) is 0.547. The standard InChI is InChI=1S/C17H18BrFN2O/c1-3-4-5-16(14-11-20-17(19)10-15(14)18)21-12-6-8-13(22-2)9-7-12/h3,6-11,16,21H,1,4-5H2,2H3/t16-/m0/s1. The zero-order valence-corrected chi connectivity index (χ0v) is 13.9. The molecule has 0 radical (unpaired) electrons. The van der Waals surface area contributed by atoms with E-state index in [0.29, 0.717) is 4.47 Å². The molecule has 0 bridgehead atoms. The fourth-order valence-electron chi connectivity index (χ4n) is 2.15. The lowest BCUT2D eigenvalue weighted by atomic mass is 10.0. The second-order valence-corrected chi connectivity index (χ2v) is 5.67. The Morgan fingerprint density at radius 3 is 2.73 bits per heavy atom. The number of hydrogen-bond donors (Lipinski definition) is 1. The number of pyridine rings is 1. The predicted octanol–water partition coefficient (Wildman–Crippen LogP) is 5.11. The molecule has 2 rings (SSSR count). The minimum Gasteiger partial charge on any atom is -0.497 e. The molecular weight excluding hydrogens is 347 g/mol. The average Bonchev–Trinajstić information content (AvgIpc) is 2.52. The van der Waals surface area contributed by atoms with E-state index in [-0.39, 0.29) is 6.04 Å². The van der Waals surface area contributed by atoms with E-state index in [9.17, 15) is 4.39 Å². The van der Waals surface area contributed by atoms with Crippen LogP contribution >= 0.6 is 15.9 Å². The highest BCUT2D eigenvalue weighted by Gasteiger charge is 2.15. The summed E-state index contributed by atoms with van der Waals surface area (Å²) in [5.74, 6) is 0.306. The van der Waals surface area contributed by atoms with Crippen molar-refractivity contribution in [1.82, 2.24) is 4.98 Å². The Balaban J connectivity index is 2.22. The van der Waals surface area contributed by atoms with Gasteiger partial charge in [0.15, 0.2) is 0 Å². The van der Waals surface area contributed by atoms with Crippen molar-refractivity contribution in [2.75, 3.05) is 12.4 Å². The Morgan fingerprint density at radius 2 is 2.14 bits per heavy atom. The fourth-order valence-corrected chi connectivity index (χ4v) is 2.72. The van der Waals surface area contributed by atoms with Crippen LogP contribution in [0.2, 0.25) is 0 Å². The van der Waals surface area contributed by atoms with Crippen LogP contribution in [0.15, 0.2) is 53.7 Å². The van der Waals surface area contributed by atoms with E-state index in [2.05, 4.69) is 32.8 Å². The van der Waals surface area contributed by atoms with Gasteiger partial charge in [-0.15, -0.1) is 6.58 Å². The summed E-state index contributed by atoms with van der Waals surface area (Å²) in [6, 6.07) is 9.07. The normalized spacial score (nSPS) is 11.8. The van der Waals surface area contributed by atoms with E-state index in [1.54, 1.807) is 13.3 Å². The van der Waals surface area contributed by atoms with Crippen LogP contribution in [0.1, 0.15) is 24.4 Å². The van der Waals surface area contributed by atoms with E-state index in [0.717, 1.165) is 29.8 Å². The van der Waals surface area contributed by atoms with E-state index in [4.69, 9.17) is 4.74 Å². The number of anilines is 1. The molecule has 0 aliphatic heterocycles. The maximum absolute atomic E-state index is 13.2. The summed E-state index contributed by atoms with van der Waals surface area (Å²) < 4.78 is 19.0. The van der Waals surface area contributed by atoms with Gasteiger partial charge in [0.2, 0.25) is 5.95 Å². The highest BCUT2D eigenvalue weighted by molar-refractivity contribution is 9.10. The number of hydrogen-bond acceptors (Lipinski definition) is 3. The van der Waals surface area contributed by atoms with Crippen molar-refractivity contribution >= 4 is 21.6 Å². The summed E-state index contributed by atoms with van der Waals surface area (Å²) >= 11 is 3.41. The van der Waals surface area contributed by atoms with Gasteiger partial charge >= 0.3 is 0 Å². The molecule has 0 aliphatic rings. The first kappa shape index (κ1) is 16.5. The Hall–Kier alpha value is -1.88. The average molecular weight is 365 g/mol. The van der Waals surface area contributed by atoms with Crippen LogP contribution in [0.5, 0.6) is 5.75 Å². The number of aromatic nitrogens is 1. The van der Waals surface area contributed by atoms with Crippen LogP contribution in [0.3, 0.4) is 0 Å². The van der Waals surface area contributed by atoms with Gasteiger partial charge in [0, 0.05) is 28.0 Å². The molecule has 5 heteroatoms. The monoisotopic (exact) mass is 364 g/mol. The zero-order chi connectivity index (χ0) is 15.9. The van der Waals surface area contributed by atoms with E-state index in [1.165, 1.54) is 6.07 Å². The maximum Gasteiger partial charge on any atom is 0.213 e. The van der Waals surface area contributed by atoms with Crippen molar-refractivity contribution in [3.05, 3.63) is 65.2 Å². The molecular formula is C17H18BrFN2O. The Morgan fingerprint density at radius 1 is 1.41 bits per heavy atom. The van der Waals surface area contributed by atoms with Crippen molar-refractivity contribution in [2.24, 2.45) is 0 Å². The van der Waals surface area contributed by atoms with Crippen LogP contribution in [0.4, 0.5) is 10.1 Å². The number of nitrogens with zero attached hydrogens (tertiary/aromatic N) is 1. The molecule has 1 heterocycles. The molecule has 0 saturated heterocycles. The van der Waals surface area contributed by atoms with Crippen molar-refractivity contribution in [1.29, 1.82) is 0 Å². The van der Waals surface area contributed by atoms with Gasteiger partial charge < -0.3 is 10.1 Å². The molecule has 2 aromatic rings. The molecule has 22 heavy (non-hydrogen) atoms. The molecule has 1 aromatic heterocycles. The van der Waals surface area contributed by atoms with E-state index in [1.807, 2.05) is 30.3 Å². The first-order chi connectivity index (χ1) is 10.6. The van der Waals surface area contributed by atoms with Crippen molar-refractivity contribution in [2.45, 2.75) is 18.9 Å². The second-order valence-electron chi connectivity index (χ2n) is 4.82. The smallest absolute Gasteiger partial charge is 0.213 e. The van der Waals surface area contributed by atoms with Gasteiger partial charge in [-0.25, -0.2) is 4.98 Å². The number of allylic oxidation sites excluding steroid dienone is 1. The van der Waals surface area contributed by atoms with E-state index < -0.39 is 5.95 Å². The largest absolute Gasteiger partial charge is 0.497 e. The number of rotatable bonds is 7. The molecule has 0 amide bonds. The summed E-state index contributed by atoms with van der Waals surface area (Å²) in [5, 5.41) is 3.45. The molecule has 1 aromatic carbocycles. The number of ether oxygens (including phenoxy) is 1. The summed E-state index contributed by atoms with van der Waals surface area (Å²) in [5.41, 5.74) is 1.88. The third-order valence-electron chi connectivity index (χ3n) is 3.31. The first-order valence-corrected chi connectivity index (χ1v) is 7.75. The second kappa shape index (κ2) is 7.94. The topological polar surface area (TPSA) is 34.1 Å². The zero-order valence-electron chi connectivity index (χ0n) is 12.4. The summed E-state index contributed by atoms with van der Waals surface area (Å²) in [6.07, 6.45) is 5.11. The molecule has 0 fully saturated rings. The first-order valence-electron chi connectivity index (χ1n) is 6.96. The van der Waals surface area contributed by atoms with Gasteiger partial charge in [-0.3, -0.25) is 0 Å². The van der Waals surface area contributed by atoms with Gasteiger partial charge in [-0.05, 0) is 37.1 Å². The minimum atomic E-state index is -0.498. The van der Waals surface area contributed by atoms with Crippen molar-refractivity contribution in [3.8, 4) is 5.75 Å². The Bertz CT molecular complexity index is 631. The van der Waals surface area contributed by atoms with E-state index >= 15 is 0 Å². The summed E-state index contributed by atoms with van der Waals surface area (Å²) in [4.78, 5) is 3.76.